The van der Waals surface area contributed by atoms with Crippen molar-refractivity contribution in [2.24, 2.45) is 5.92 Å². The first-order valence-corrected chi connectivity index (χ1v) is 6.62. The lowest BCUT2D eigenvalue weighted by atomic mass is 9.78. The fraction of sp³-hybridized carbons (Fsp3) is 0.846. The van der Waals surface area contributed by atoms with Gasteiger partial charge in [-0.1, -0.05) is 0 Å². The van der Waals surface area contributed by atoms with E-state index in [0.717, 1.165) is 38.8 Å². The molecular weight excluding hydrogens is 234 g/mol. The molecule has 2 heterocycles. The predicted molar refractivity (Wildman–Crippen MR) is 65.1 cm³/mol. The summed E-state index contributed by atoms with van der Waals surface area (Å²) in [5, 5.41) is 8.87. The molecule has 0 aliphatic carbocycles. The molecule has 18 heavy (non-hydrogen) atoms. The molecule has 0 radical (unpaired) electrons. The second-order valence-corrected chi connectivity index (χ2v) is 5.49. The Kier molecular flexibility index (Phi) is 3.90. The van der Waals surface area contributed by atoms with Gasteiger partial charge in [0, 0.05) is 33.0 Å². The number of nitrogens with zero attached hydrogens (tertiary/aromatic N) is 1. The van der Waals surface area contributed by atoms with Crippen molar-refractivity contribution in [3.63, 3.8) is 0 Å². The van der Waals surface area contributed by atoms with E-state index in [9.17, 15) is 9.59 Å². The average molecular weight is 255 g/mol. The number of hydrogen-bond acceptors (Lipinski definition) is 3. The van der Waals surface area contributed by atoms with Crippen molar-refractivity contribution in [2.75, 3.05) is 19.7 Å². The number of piperidine rings is 1. The van der Waals surface area contributed by atoms with Crippen LogP contribution in [0.5, 0.6) is 0 Å². The van der Waals surface area contributed by atoms with Crippen LogP contribution >= 0.6 is 0 Å². The van der Waals surface area contributed by atoms with Gasteiger partial charge in [0.2, 0.25) is 5.91 Å². The molecule has 2 fully saturated rings. The first kappa shape index (κ1) is 13.3. The van der Waals surface area contributed by atoms with Gasteiger partial charge in [-0.05, 0) is 31.6 Å². The number of carbonyl (C=O) groups excluding carboxylic acids is 1. The molecule has 0 saturated carbocycles. The van der Waals surface area contributed by atoms with Crippen LogP contribution < -0.4 is 0 Å². The number of carboxylic acids is 1. The summed E-state index contributed by atoms with van der Waals surface area (Å²) in [5.41, 5.74) is -0.176. The average Bonchev–Trinajstić information content (AvgIpc) is 2.28. The molecule has 5 heteroatoms. The van der Waals surface area contributed by atoms with Crippen molar-refractivity contribution in [2.45, 2.75) is 44.6 Å². The predicted octanol–water partition coefficient (Wildman–Crippen LogP) is 1.27. The minimum atomic E-state index is -0.724. The second-order valence-electron chi connectivity index (χ2n) is 5.49. The highest BCUT2D eigenvalue weighted by molar-refractivity contribution is 5.73. The van der Waals surface area contributed by atoms with E-state index in [0.29, 0.717) is 6.61 Å². The van der Waals surface area contributed by atoms with Gasteiger partial charge in [0.15, 0.2) is 0 Å². The third-order valence-corrected chi connectivity index (χ3v) is 4.18. The summed E-state index contributed by atoms with van der Waals surface area (Å²) in [6.45, 7) is 3.70. The van der Waals surface area contributed by atoms with Gasteiger partial charge in [-0.3, -0.25) is 9.59 Å². The Morgan fingerprint density at radius 2 is 2.06 bits per heavy atom. The topological polar surface area (TPSA) is 66.8 Å². The summed E-state index contributed by atoms with van der Waals surface area (Å²) >= 11 is 0. The third-order valence-electron chi connectivity index (χ3n) is 4.18. The quantitative estimate of drug-likeness (QED) is 0.807. The molecular formula is C13H21NO4. The van der Waals surface area contributed by atoms with E-state index >= 15 is 0 Å². The van der Waals surface area contributed by atoms with E-state index in [-0.39, 0.29) is 23.8 Å². The molecule has 0 aromatic rings. The molecule has 0 aromatic heterocycles. The Labute approximate surface area is 107 Å². The van der Waals surface area contributed by atoms with Crippen LogP contribution in [0, 0.1) is 5.92 Å². The number of ether oxygens (including phenoxy) is 1. The van der Waals surface area contributed by atoms with Crippen LogP contribution in [0.2, 0.25) is 0 Å². The Bertz CT molecular complexity index is 334. The highest BCUT2D eigenvalue weighted by Gasteiger charge is 2.41. The number of likely N-dealkylation sites (tertiary alicyclic amines) is 1. The fourth-order valence-corrected chi connectivity index (χ4v) is 3.13. The van der Waals surface area contributed by atoms with Crippen LogP contribution in [0.1, 0.15) is 39.0 Å². The minimum Gasteiger partial charge on any atom is -0.481 e. The molecule has 0 aromatic carbocycles. The standard InChI is InChI=1S/C13H21NO4/c1-10(15)14-5-3-13(4-6-14)9-11(2-7-18-13)8-12(16)17/h11H,2-9H2,1H3,(H,16,17)/t11-/m0/s1. The fourth-order valence-electron chi connectivity index (χ4n) is 3.13. The Morgan fingerprint density at radius 3 is 2.61 bits per heavy atom. The maximum Gasteiger partial charge on any atom is 0.303 e. The number of rotatable bonds is 2. The van der Waals surface area contributed by atoms with Crippen molar-refractivity contribution < 1.29 is 19.4 Å². The summed E-state index contributed by atoms with van der Waals surface area (Å²) in [5.74, 6) is -0.388. The van der Waals surface area contributed by atoms with Gasteiger partial charge in [0.05, 0.1) is 5.60 Å². The Morgan fingerprint density at radius 1 is 1.39 bits per heavy atom. The molecule has 1 N–H and O–H groups in total. The van der Waals surface area contributed by atoms with Crippen molar-refractivity contribution in [3.8, 4) is 0 Å². The highest BCUT2D eigenvalue weighted by atomic mass is 16.5. The van der Waals surface area contributed by atoms with Gasteiger partial charge >= 0.3 is 5.97 Å². The van der Waals surface area contributed by atoms with Crippen LogP contribution in [0.4, 0.5) is 0 Å². The van der Waals surface area contributed by atoms with Crippen molar-refractivity contribution in [1.29, 1.82) is 0 Å². The first-order chi connectivity index (χ1) is 8.51. The van der Waals surface area contributed by atoms with Gasteiger partial charge in [-0.25, -0.2) is 0 Å². The summed E-state index contributed by atoms with van der Waals surface area (Å²) in [7, 11) is 0. The van der Waals surface area contributed by atoms with Crippen LogP contribution in [0.25, 0.3) is 0 Å². The Hall–Kier alpha value is -1.10. The van der Waals surface area contributed by atoms with E-state index in [1.807, 2.05) is 4.90 Å². The number of amides is 1. The van der Waals surface area contributed by atoms with Gasteiger partial charge in [0.25, 0.3) is 0 Å². The van der Waals surface area contributed by atoms with E-state index in [4.69, 9.17) is 9.84 Å². The number of aliphatic carboxylic acids is 1. The van der Waals surface area contributed by atoms with Gasteiger partial charge < -0.3 is 14.7 Å². The summed E-state index contributed by atoms with van der Waals surface area (Å²) in [6, 6.07) is 0. The second kappa shape index (κ2) is 5.26. The number of carboxylic acid groups (broad SMARTS) is 1. The molecule has 2 saturated heterocycles. The Balaban J connectivity index is 1.92. The molecule has 2 aliphatic heterocycles. The van der Waals surface area contributed by atoms with Crippen molar-refractivity contribution in [3.05, 3.63) is 0 Å². The molecule has 1 spiro atoms. The molecule has 2 rings (SSSR count). The van der Waals surface area contributed by atoms with Crippen molar-refractivity contribution in [1.82, 2.24) is 4.90 Å². The first-order valence-electron chi connectivity index (χ1n) is 6.62. The van der Waals surface area contributed by atoms with Gasteiger partial charge in [0.1, 0.15) is 0 Å². The van der Waals surface area contributed by atoms with Crippen LogP contribution in [0.3, 0.4) is 0 Å². The molecule has 0 bridgehead atoms. The minimum absolute atomic E-state index is 0.114. The highest BCUT2D eigenvalue weighted by Crippen LogP contribution is 2.38. The zero-order chi connectivity index (χ0) is 13.2. The summed E-state index contributed by atoms with van der Waals surface area (Å²) in [4.78, 5) is 23.9. The SMILES string of the molecule is CC(=O)N1CCC2(CC1)C[C@H](CC(=O)O)CCO2. The molecule has 0 unspecified atom stereocenters. The number of carbonyl (C=O) groups is 2. The summed E-state index contributed by atoms with van der Waals surface area (Å²) < 4.78 is 5.92. The van der Waals surface area contributed by atoms with Crippen LogP contribution in [-0.4, -0.2) is 47.2 Å². The molecule has 1 amide bonds. The smallest absolute Gasteiger partial charge is 0.303 e. The summed E-state index contributed by atoms with van der Waals surface area (Å²) in [6.07, 6.45) is 3.57. The lowest BCUT2D eigenvalue weighted by molar-refractivity contribution is -0.150. The molecule has 102 valence electrons. The van der Waals surface area contributed by atoms with E-state index in [1.54, 1.807) is 6.92 Å². The lowest BCUT2D eigenvalue weighted by Crippen LogP contribution is -2.50. The van der Waals surface area contributed by atoms with Crippen LogP contribution in [0.15, 0.2) is 0 Å². The monoisotopic (exact) mass is 255 g/mol. The maximum absolute atomic E-state index is 11.3. The zero-order valence-electron chi connectivity index (χ0n) is 10.9. The van der Waals surface area contributed by atoms with Crippen molar-refractivity contribution >= 4 is 11.9 Å². The molecule has 5 nitrogen and oxygen atoms in total. The van der Waals surface area contributed by atoms with Crippen LogP contribution in [-0.2, 0) is 14.3 Å². The maximum atomic E-state index is 11.3. The third kappa shape index (κ3) is 3.02. The van der Waals surface area contributed by atoms with E-state index < -0.39 is 5.97 Å². The number of hydrogen-bond donors (Lipinski definition) is 1. The lowest BCUT2D eigenvalue weighted by Gasteiger charge is -2.46. The zero-order valence-corrected chi connectivity index (χ0v) is 10.9. The largest absolute Gasteiger partial charge is 0.481 e. The van der Waals surface area contributed by atoms with E-state index in [1.165, 1.54) is 0 Å². The molecule has 1 atom stereocenters. The molecule has 2 aliphatic rings. The normalized spacial score (nSPS) is 27.2. The van der Waals surface area contributed by atoms with E-state index in [2.05, 4.69) is 0 Å². The van der Waals surface area contributed by atoms with Gasteiger partial charge in [-0.2, -0.15) is 0 Å². The van der Waals surface area contributed by atoms with Gasteiger partial charge in [-0.15, -0.1) is 0 Å².